The van der Waals surface area contributed by atoms with Gasteiger partial charge in [-0.1, -0.05) is 30.3 Å². The molecule has 0 atom stereocenters. The van der Waals surface area contributed by atoms with E-state index in [1.807, 2.05) is 30.3 Å². The lowest BCUT2D eigenvalue weighted by atomic mass is 10.2. The molecule has 2 rings (SSSR count). The summed E-state index contributed by atoms with van der Waals surface area (Å²) in [5.41, 5.74) is 0.947. The van der Waals surface area contributed by atoms with Crippen LogP contribution in [0.5, 0.6) is 0 Å². The first kappa shape index (κ1) is 10.2. The number of carbonyl (C=O) groups is 1. The quantitative estimate of drug-likeness (QED) is 0.796. The Morgan fingerprint density at radius 2 is 2.06 bits per heavy atom. The molecule has 0 bridgehead atoms. The average Bonchev–Trinajstić information content (AvgIpc) is 2.75. The molecule has 1 aromatic heterocycles. The highest BCUT2D eigenvalue weighted by molar-refractivity contribution is 5.83. The number of hydrogen-bond donors (Lipinski definition) is 1. The molecule has 4 nitrogen and oxygen atoms in total. The predicted molar refractivity (Wildman–Crippen MR) is 60.6 cm³/mol. The van der Waals surface area contributed by atoms with Crippen molar-refractivity contribution in [3.63, 3.8) is 0 Å². The third-order valence-electron chi connectivity index (χ3n) is 2.08. The molecule has 0 aliphatic heterocycles. The van der Waals surface area contributed by atoms with Gasteiger partial charge in [0.15, 0.2) is 0 Å². The first-order valence-electron chi connectivity index (χ1n) is 4.77. The predicted octanol–water partition coefficient (Wildman–Crippen LogP) is 2.11. The smallest absolute Gasteiger partial charge is 0.329 e. The van der Waals surface area contributed by atoms with Gasteiger partial charge in [0.1, 0.15) is 5.82 Å². The molecular formula is C12H10N2O2. The van der Waals surface area contributed by atoms with Crippen molar-refractivity contribution in [1.82, 2.24) is 9.55 Å². The number of imidazole rings is 1. The van der Waals surface area contributed by atoms with Crippen LogP contribution in [0.1, 0.15) is 0 Å². The summed E-state index contributed by atoms with van der Waals surface area (Å²) in [5.74, 6) is -0.259. The van der Waals surface area contributed by atoms with Crippen molar-refractivity contribution in [2.24, 2.45) is 0 Å². The van der Waals surface area contributed by atoms with Crippen LogP contribution in [0.15, 0.2) is 48.8 Å². The minimum Gasteiger partial charge on any atom is -0.478 e. The molecule has 1 heterocycles. The molecule has 1 N–H and O–H groups in total. The number of hydrogen-bond acceptors (Lipinski definition) is 2. The summed E-state index contributed by atoms with van der Waals surface area (Å²) >= 11 is 0. The van der Waals surface area contributed by atoms with Gasteiger partial charge in [-0.15, -0.1) is 0 Å². The summed E-state index contributed by atoms with van der Waals surface area (Å²) in [7, 11) is 0. The molecule has 0 aliphatic rings. The Morgan fingerprint density at radius 1 is 1.31 bits per heavy atom. The van der Waals surface area contributed by atoms with Gasteiger partial charge in [0.2, 0.25) is 0 Å². The third-order valence-corrected chi connectivity index (χ3v) is 2.08. The topological polar surface area (TPSA) is 55.1 Å². The van der Waals surface area contributed by atoms with Gasteiger partial charge in [0.25, 0.3) is 0 Å². The number of carboxylic acid groups (broad SMARTS) is 1. The van der Waals surface area contributed by atoms with Crippen molar-refractivity contribution >= 4 is 12.2 Å². The molecule has 0 saturated carbocycles. The van der Waals surface area contributed by atoms with Crippen molar-refractivity contribution in [3.8, 4) is 11.4 Å². The lowest BCUT2D eigenvalue weighted by Gasteiger charge is -2.01. The van der Waals surface area contributed by atoms with Crippen LogP contribution in [0, 0.1) is 0 Å². The van der Waals surface area contributed by atoms with Gasteiger partial charge in [-0.05, 0) is 0 Å². The fourth-order valence-corrected chi connectivity index (χ4v) is 1.39. The van der Waals surface area contributed by atoms with Crippen LogP contribution in [0.3, 0.4) is 0 Å². The largest absolute Gasteiger partial charge is 0.478 e. The van der Waals surface area contributed by atoms with E-state index in [0.717, 1.165) is 17.5 Å². The maximum atomic E-state index is 10.4. The molecule has 0 radical (unpaired) electrons. The summed E-state index contributed by atoms with van der Waals surface area (Å²) in [5, 5.41) is 8.55. The zero-order valence-corrected chi connectivity index (χ0v) is 8.45. The van der Waals surface area contributed by atoms with E-state index in [1.54, 1.807) is 17.0 Å². The SMILES string of the molecule is O=C(O)C=Cn1ccnc1-c1ccccc1. The second-order valence-corrected chi connectivity index (χ2v) is 3.18. The lowest BCUT2D eigenvalue weighted by molar-refractivity contribution is -0.131. The van der Waals surface area contributed by atoms with Gasteiger partial charge < -0.3 is 9.67 Å². The van der Waals surface area contributed by atoms with Crippen LogP contribution >= 0.6 is 0 Å². The molecule has 0 amide bonds. The fourth-order valence-electron chi connectivity index (χ4n) is 1.39. The molecule has 16 heavy (non-hydrogen) atoms. The van der Waals surface area contributed by atoms with E-state index in [2.05, 4.69) is 4.98 Å². The van der Waals surface area contributed by atoms with E-state index >= 15 is 0 Å². The molecule has 0 fully saturated rings. The molecule has 2 aromatic rings. The maximum absolute atomic E-state index is 10.4. The first-order chi connectivity index (χ1) is 7.77. The van der Waals surface area contributed by atoms with Crippen molar-refractivity contribution in [2.75, 3.05) is 0 Å². The van der Waals surface area contributed by atoms with Gasteiger partial charge >= 0.3 is 5.97 Å². The number of benzene rings is 1. The van der Waals surface area contributed by atoms with E-state index < -0.39 is 5.97 Å². The number of aliphatic carboxylic acids is 1. The molecular weight excluding hydrogens is 204 g/mol. The van der Waals surface area contributed by atoms with E-state index in [4.69, 9.17) is 5.11 Å². The summed E-state index contributed by atoms with van der Waals surface area (Å²) in [6, 6.07) is 9.59. The third kappa shape index (κ3) is 2.17. The van der Waals surface area contributed by atoms with Crippen molar-refractivity contribution in [1.29, 1.82) is 0 Å². The molecule has 1 aromatic carbocycles. The van der Waals surface area contributed by atoms with Gasteiger partial charge in [-0.25, -0.2) is 9.78 Å². The Bertz CT molecular complexity index is 515. The van der Waals surface area contributed by atoms with Crippen molar-refractivity contribution in [2.45, 2.75) is 0 Å². The summed E-state index contributed by atoms with van der Waals surface area (Å²) in [6.45, 7) is 0. The lowest BCUT2D eigenvalue weighted by Crippen LogP contribution is -1.93. The zero-order chi connectivity index (χ0) is 11.4. The van der Waals surface area contributed by atoms with Crippen LogP contribution in [-0.2, 0) is 4.79 Å². The van der Waals surface area contributed by atoms with Gasteiger partial charge in [-0.3, -0.25) is 0 Å². The minimum atomic E-state index is -0.979. The molecule has 4 heteroatoms. The molecule has 0 aliphatic carbocycles. The zero-order valence-electron chi connectivity index (χ0n) is 8.45. The average molecular weight is 214 g/mol. The highest BCUT2D eigenvalue weighted by Gasteiger charge is 2.02. The molecule has 0 unspecified atom stereocenters. The molecule has 0 saturated heterocycles. The Kier molecular flexibility index (Phi) is 2.82. The number of nitrogens with zero attached hydrogens (tertiary/aromatic N) is 2. The molecule has 0 spiro atoms. The highest BCUT2D eigenvalue weighted by Crippen LogP contribution is 2.16. The van der Waals surface area contributed by atoms with E-state index in [-0.39, 0.29) is 0 Å². The van der Waals surface area contributed by atoms with Crippen LogP contribution < -0.4 is 0 Å². The Hall–Kier alpha value is -2.36. The standard InChI is InChI=1S/C12H10N2O2/c15-11(16)6-8-14-9-7-13-12(14)10-4-2-1-3-5-10/h1-9H,(H,15,16). The highest BCUT2D eigenvalue weighted by atomic mass is 16.4. The Labute approximate surface area is 92.5 Å². The van der Waals surface area contributed by atoms with E-state index in [0.29, 0.717) is 0 Å². The minimum absolute atomic E-state index is 0.720. The molecule has 80 valence electrons. The maximum Gasteiger partial charge on any atom is 0.329 e. The number of rotatable bonds is 3. The Morgan fingerprint density at radius 3 is 2.75 bits per heavy atom. The van der Waals surface area contributed by atoms with Gasteiger partial charge in [0, 0.05) is 30.2 Å². The number of carboxylic acids is 1. The summed E-state index contributed by atoms with van der Waals surface area (Å²) in [6.07, 6.45) is 5.89. The van der Waals surface area contributed by atoms with Gasteiger partial charge in [0.05, 0.1) is 0 Å². The van der Waals surface area contributed by atoms with E-state index in [1.165, 1.54) is 6.20 Å². The van der Waals surface area contributed by atoms with Crippen LogP contribution in [0.2, 0.25) is 0 Å². The number of aromatic nitrogens is 2. The monoisotopic (exact) mass is 214 g/mol. The van der Waals surface area contributed by atoms with Crippen LogP contribution in [0.25, 0.3) is 17.6 Å². The van der Waals surface area contributed by atoms with E-state index in [9.17, 15) is 4.79 Å². The Balaban J connectivity index is 2.37. The second-order valence-electron chi connectivity index (χ2n) is 3.18. The first-order valence-corrected chi connectivity index (χ1v) is 4.77. The normalized spacial score (nSPS) is 10.8. The summed E-state index contributed by atoms with van der Waals surface area (Å²) < 4.78 is 1.67. The van der Waals surface area contributed by atoms with Gasteiger partial charge in [-0.2, -0.15) is 0 Å². The van der Waals surface area contributed by atoms with Crippen molar-refractivity contribution < 1.29 is 9.90 Å². The fraction of sp³-hybridized carbons (Fsp3) is 0. The second kappa shape index (κ2) is 4.44. The van der Waals surface area contributed by atoms with Crippen molar-refractivity contribution in [3.05, 3.63) is 48.8 Å². The summed E-state index contributed by atoms with van der Waals surface area (Å²) in [4.78, 5) is 14.6. The van der Waals surface area contributed by atoms with Crippen LogP contribution in [-0.4, -0.2) is 20.6 Å². The van der Waals surface area contributed by atoms with Crippen LogP contribution in [0.4, 0.5) is 0 Å².